The van der Waals surface area contributed by atoms with Gasteiger partial charge in [0.05, 0.1) is 6.04 Å². The number of aryl methyl sites for hydroxylation is 2. The van der Waals surface area contributed by atoms with Crippen LogP contribution in [0.4, 0.5) is 5.69 Å². The lowest BCUT2D eigenvalue weighted by molar-refractivity contribution is 0.471. The van der Waals surface area contributed by atoms with Gasteiger partial charge in [-0.3, -0.25) is 0 Å². The quantitative estimate of drug-likeness (QED) is 0.778. The molecular weight excluding hydrogens is 310 g/mol. The smallest absolute Gasteiger partial charge is 0.118 e. The normalized spacial score (nSPS) is 12.4. The number of rotatable bonds is 3. The molecule has 96 valence electrons. The monoisotopic (exact) mass is 325 g/mol. The van der Waals surface area contributed by atoms with E-state index in [1.807, 2.05) is 19.9 Å². The Bertz CT molecular complexity index is 565. The molecular formula is C14H16BrNOS. The first-order valence-electron chi connectivity index (χ1n) is 5.78. The number of benzene rings is 1. The van der Waals surface area contributed by atoms with Gasteiger partial charge >= 0.3 is 0 Å². The van der Waals surface area contributed by atoms with Gasteiger partial charge in [-0.25, -0.2) is 0 Å². The molecule has 0 spiro atoms. The lowest BCUT2D eigenvalue weighted by Crippen LogP contribution is -2.06. The highest BCUT2D eigenvalue weighted by Gasteiger charge is 2.12. The fourth-order valence-electron chi connectivity index (χ4n) is 1.87. The predicted molar refractivity (Wildman–Crippen MR) is 81.6 cm³/mol. The van der Waals surface area contributed by atoms with Crippen molar-refractivity contribution >= 4 is 33.0 Å². The number of aromatic hydroxyl groups is 1. The van der Waals surface area contributed by atoms with Crippen LogP contribution >= 0.6 is 27.3 Å². The SMILES string of the molecule is Cc1cc(NC(C)c2sccc2Br)c(C)cc1O. The Kier molecular flexibility index (Phi) is 3.97. The van der Waals surface area contributed by atoms with Crippen LogP contribution in [-0.2, 0) is 0 Å². The average molecular weight is 326 g/mol. The van der Waals surface area contributed by atoms with E-state index < -0.39 is 0 Å². The fraction of sp³-hybridized carbons (Fsp3) is 0.286. The third-order valence-corrected chi connectivity index (χ3v) is 5.01. The number of hydrogen-bond acceptors (Lipinski definition) is 3. The second kappa shape index (κ2) is 5.33. The van der Waals surface area contributed by atoms with E-state index in [1.165, 1.54) is 4.88 Å². The standard InChI is InChI=1S/C14H16BrNOS/c1-8-7-13(17)9(2)6-12(8)16-10(3)14-11(15)4-5-18-14/h4-7,10,16-17H,1-3H3. The molecule has 0 saturated heterocycles. The molecule has 0 saturated carbocycles. The number of halogens is 1. The molecule has 1 aromatic carbocycles. The highest BCUT2D eigenvalue weighted by molar-refractivity contribution is 9.10. The molecule has 0 radical (unpaired) electrons. The fourth-order valence-corrected chi connectivity index (χ4v) is 3.59. The summed E-state index contributed by atoms with van der Waals surface area (Å²) in [6.07, 6.45) is 0. The molecule has 1 heterocycles. The van der Waals surface area contributed by atoms with Gasteiger partial charge in [-0.15, -0.1) is 11.3 Å². The lowest BCUT2D eigenvalue weighted by Gasteiger charge is -2.17. The van der Waals surface area contributed by atoms with Gasteiger partial charge in [0, 0.05) is 15.0 Å². The molecule has 0 bridgehead atoms. The molecule has 2 rings (SSSR count). The second-order valence-corrected chi connectivity index (χ2v) is 6.25. The summed E-state index contributed by atoms with van der Waals surface area (Å²) in [5, 5.41) is 15.2. The van der Waals surface area contributed by atoms with Gasteiger partial charge in [0.15, 0.2) is 0 Å². The van der Waals surface area contributed by atoms with Gasteiger partial charge in [-0.1, -0.05) is 0 Å². The second-order valence-electron chi connectivity index (χ2n) is 4.45. The molecule has 2 aromatic rings. The Morgan fingerprint density at radius 2 is 2.00 bits per heavy atom. The van der Waals surface area contributed by atoms with Crippen molar-refractivity contribution < 1.29 is 5.11 Å². The van der Waals surface area contributed by atoms with Crippen LogP contribution in [0.25, 0.3) is 0 Å². The van der Waals surface area contributed by atoms with Gasteiger partial charge in [-0.05, 0) is 71.4 Å². The van der Waals surface area contributed by atoms with E-state index in [0.717, 1.165) is 21.3 Å². The average Bonchev–Trinajstić information content (AvgIpc) is 2.72. The number of anilines is 1. The van der Waals surface area contributed by atoms with Crippen molar-refractivity contribution in [2.45, 2.75) is 26.8 Å². The maximum absolute atomic E-state index is 9.65. The Labute approximate surface area is 120 Å². The third-order valence-electron chi connectivity index (χ3n) is 2.95. The van der Waals surface area contributed by atoms with Crippen LogP contribution in [-0.4, -0.2) is 5.11 Å². The van der Waals surface area contributed by atoms with Gasteiger partial charge in [-0.2, -0.15) is 0 Å². The van der Waals surface area contributed by atoms with Gasteiger partial charge in [0.1, 0.15) is 5.75 Å². The molecule has 0 amide bonds. The predicted octanol–water partition coefficient (Wildman–Crippen LogP) is 5.01. The number of phenolic OH excluding ortho intramolecular Hbond substituents is 1. The lowest BCUT2D eigenvalue weighted by atomic mass is 10.1. The van der Waals surface area contributed by atoms with Crippen LogP contribution in [0.15, 0.2) is 28.1 Å². The van der Waals surface area contributed by atoms with E-state index in [4.69, 9.17) is 0 Å². The van der Waals surface area contributed by atoms with Crippen LogP contribution in [0, 0.1) is 13.8 Å². The summed E-state index contributed by atoms with van der Waals surface area (Å²) in [6.45, 7) is 6.04. The zero-order chi connectivity index (χ0) is 13.3. The highest BCUT2D eigenvalue weighted by atomic mass is 79.9. The minimum Gasteiger partial charge on any atom is -0.508 e. The summed E-state index contributed by atoms with van der Waals surface area (Å²) < 4.78 is 1.14. The molecule has 2 N–H and O–H groups in total. The van der Waals surface area contributed by atoms with Crippen LogP contribution in [0.1, 0.15) is 29.0 Å². The summed E-state index contributed by atoms with van der Waals surface area (Å²) in [5.74, 6) is 0.350. The summed E-state index contributed by atoms with van der Waals surface area (Å²) in [7, 11) is 0. The maximum atomic E-state index is 9.65. The Morgan fingerprint density at radius 1 is 1.28 bits per heavy atom. The molecule has 1 aromatic heterocycles. The first-order chi connectivity index (χ1) is 8.49. The molecule has 4 heteroatoms. The van der Waals surface area contributed by atoms with Crippen LogP contribution in [0.2, 0.25) is 0 Å². The highest BCUT2D eigenvalue weighted by Crippen LogP contribution is 2.33. The van der Waals surface area contributed by atoms with E-state index in [1.54, 1.807) is 17.4 Å². The van der Waals surface area contributed by atoms with Crippen molar-refractivity contribution in [3.63, 3.8) is 0 Å². The number of thiophene rings is 1. The van der Waals surface area contributed by atoms with Crippen LogP contribution < -0.4 is 5.32 Å². The maximum Gasteiger partial charge on any atom is 0.118 e. The Hall–Kier alpha value is -1.00. The summed E-state index contributed by atoms with van der Waals surface area (Å²) >= 11 is 5.29. The van der Waals surface area contributed by atoms with Gasteiger partial charge in [0.2, 0.25) is 0 Å². The number of hydrogen-bond donors (Lipinski definition) is 2. The minimum absolute atomic E-state index is 0.238. The van der Waals surface area contributed by atoms with E-state index in [-0.39, 0.29) is 6.04 Å². The first kappa shape index (κ1) is 13.4. The number of nitrogens with one attached hydrogen (secondary N) is 1. The minimum atomic E-state index is 0.238. The van der Waals surface area contributed by atoms with Gasteiger partial charge < -0.3 is 10.4 Å². The van der Waals surface area contributed by atoms with Crippen molar-refractivity contribution in [3.05, 3.63) is 44.1 Å². The van der Waals surface area contributed by atoms with Crippen molar-refractivity contribution in [2.75, 3.05) is 5.32 Å². The van der Waals surface area contributed by atoms with Crippen molar-refractivity contribution in [1.82, 2.24) is 0 Å². The van der Waals surface area contributed by atoms with Crippen LogP contribution in [0.5, 0.6) is 5.75 Å². The largest absolute Gasteiger partial charge is 0.508 e. The molecule has 0 fully saturated rings. The number of phenols is 1. The zero-order valence-corrected chi connectivity index (χ0v) is 13.0. The van der Waals surface area contributed by atoms with Crippen LogP contribution in [0.3, 0.4) is 0 Å². The first-order valence-corrected chi connectivity index (χ1v) is 7.46. The van der Waals surface area contributed by atoms with Gasteiger partial charge in [0.25, 0.3) is 0 Å². The molecule has 1 atom stereocenters. The molecule has 18 heavy (non-hydrogen) atoms. The van der Waals surface area contributed by atoms with E-state index in [9.17, 15) is 5.11 Å². The van der Waals surface area contributed by atoms with E-state index in [2.05, 4.69) is 39.6 Å². The van der Waals surface area contributed by atoms with Crippen molar-refractivity contribution in [1.29, 1.82) is 0 Å². The molecule has 0 aliphatic rings. The molecule has 1 unspecified atom stereocenters. The van der Waals surface area contributed by atoms with E-state index in [0.29, 0.717) is 5.75 Å². The Balaban J connectivity index is 2.24. The van der Waals surface area contributed by atoms with E-state index >= 15 is 0 Å². The summed E-state index contributed by atoms with van der Waals surface area (Å²) in [5.41, 5.74) is 3.01. The molecule has 0 aliphatic carbocycles. The topological polar surface area (TPSA) is 32.3 Å². The molecule has 0 aliphatic heterocycles. The van der Waals surface area contributed by atoms with Crippen molar-refractivity contribution in [2.24, 2.45) is 0 Å². The van der Waals surface area contributed by atoms with Crippen molar-refractivity contribution in [3.8, 4) is 5.75 Å². The third kappa shape index (κ3) is 2.70. The zero-order valence-electron chi connectivity index (χ0n) is 10.6. The summed E-state index contributed by atoms with van der Waals surface area (Å²) in [4.78, 5) is 1.28. The molecule has 2 nitrogen and oxygen atoms in total. The summed E-state index contributed by atoms with van der Waals surface area (Å²) in [6, 6.07) is 6.09. The Morgan fingerprint density at radius 3 is 2.61 bits per heavy atom.